The Morgan fingerprint density at radius 2 is 1.72 bits per heavy atom. The molecule has 158 valence electrons. The number of amides is 1. The van der Waals surface area contributed by atoms with Gasteiger partial charge >= 0.3 is 0 Å². The summed E-state index contributed by atoms with van der Waals surface area (Å²) in [6, 6.07) is 10.0. The molecule has 2 aromatic carbocycles. The number of benzene rings is 2. The first-order valence-electron chi connectivity index (χ1n) is 9.27. The van der Waals surface area contributed by atoms with Crippen LogP contribution in [0.25, 0.3) is 0 Å². The molecule has 0 saturated carbocycles. The van der Waals surface area contributed by atoms with Crippen LogP contribution in [0.2, 0.25) is 0 Å². The lowest BCUT2D eigenvalue weighted by Crippen LogP contribution is -2.30. The van der Waals surface area contributed by atoms with E-state index in [1.165, 1.54) is 40.7 Å². The Kier molecular flexibility index (Phi) is 7.98. The third kappa shape index (κ3) is 5.68. The van der Waals surface area contributed by atoms with E-state index >= 15 is 0 Å². The highest BCUT2D eigenvalue weighted by atomic mass is 32.2. The monoisotopic (exact) mass is 424 g/mol. The highest BCUT2D eigenvalue weighted by Crippen LogP contribution is 2.29. The number of anilines is 1. The molecule has 7 nitrogen and oxygen atoms in total. The van der Waals surface area contributed by atoms with Crippen molar-refractivity contribution < 1.29 is 27.1 Å². The molecule has 1 N–H and O–H groups in total. The summed E-state index contributed by atoms with van der Waals surface area (Å²) in [6.07, 6.45) is 0. The van der Waals surface area contributed by atoms with Crippen molar-refractivity contribution in [1.82, 2.24) is 4.31 Å². The van der Waals surface area contributed by atoms with Gasteiger partial charge in [-0.15, -0.1) is 0 Å². The van der Waals surface area contributed by atoms with Crippen molar-refractivity contribution in [2.24, 2.45) is 0 Å². The SMILES string of the molecule is CCOc1ccc(S(=O)(=O)N(CC)CC)cc1NC(=O)COc1ccccc1F. The summed E-state index contributed by atoms with van der Waals surface area (Å²) in [6.45, 7) is 5.80. The van der Waals surface area contributed by atoms with Crippen LogP contribution in [-0.2, 0) is 14.8 Å². The summed E-state index contributed by atoms with van der Waals surface area (Å²) >= 11 is 0. The fraction of sp³-hybridized carbons (Fsp3) is 0.350. The van der Waals surface area contributed by atoms with E-state index in [2.05, 4.69) is 5.32 Å². The predicted octanol–water partition coefficient (Wildman–Crippen LogP) is 3.27. The molecule has 0 saturated heterocycles. The van der Waals surface area contributed by atoms with E-state index in [-0.39, 0.29) is 16.3 Å². The largest absolute Gasteiger partial charge is 0.492 e. The zero-order valence-electron chi connectivity index (χ0n) is 16.6. The molecule has 0 heterocycles. The molecule has 0 radical (unpaired) electrons. The Balaban J connectivity index is 2.23. The van der Waals surface area contributed by atoms with Crippen LogP contribution in [0.15, 0.2) is 47.4 Å². The first-order valence-corrected chi connectivity index (χ1v) is 10.7. The van der Waals surface area contributed by atoms with E-state index in [0.29, 0.717) is 25.4 Å². The van der Waals surface area contributed by atoms with Crippen LogP contribution in [-0.4, -0.2) is 44.9 Å². The summed E-state index contributed by atoms with van der Waals surface area (Å²) in [7, 11) is -3.71. The average molecular weight is 424 g/mol. The van der Waals surface area contributed by atoms with Gasteiger partial charge in [-0.2, -0.15) is 4.31 Å². The van der Waals surface area contributed by atoms with Crippen molar-refractivity contribution in [3.63, 3.8) is 0 Å². The highest BCUT2D eigenvalue weighted by molar-refractivity contribution is 7.89. The summed E-state index contributed by atoms with van der Waals surface area (Å²) < 4.78 is 51.1. The second-order valence-electron chi connectivity index (χ2n) is 5.95. The third-order valence-electron chi connectivity index (χ3n) is 4.06. The smallest absolute Gasteiger partial charge is 0.262 e. The van der Waals surface area contributed by atoms with Crippen LogP contribution in [0.1, 0.15) is 20.8 Å². The van der Waals surface area contributed by atoms with E-state index in [1.807, 2.05) is 0 Å². The predicted molar refractivity (Wildman–Crippen MR) is 108 cm³/mol. The lowest BCUT2D eigenvalue weighted by molar-refractivity contribution is -0.118. The Labute approximate surface area is 170 Å². The molecule has 0 bridgehead atoms. The number of carbonyl (C=O) groups is 1. The van der Waals surface area contributed by atoms with Gasteiger partial charge in [0.25, 0.3) is 5.91 Å². The van der Waals surface area contributed by atoms with Crippen molar-refractivity contribution >= 4 is 21.6 Å². The molecule has 0 aromatic heterocycles. The number of hydrogen-bond donors (Lipinski definition) is 1. The van der Waals surface area contributed by atoms with Gasteiger partial charge in [-0.1, -0.05) is 26.0 Å². The Hall–Kier alpha value is -2.65. The maximum atomic E-state index is 13.6. The molecule has 1 amide bonds. The number of para-hydroxylation sites is 1. The van der Waals surface area contributed by atoms with Crippen molar-refractivity contribution in [1.29, 1.82) is 0 Å². The molecule has 0 aliphatic rings. The van der Waals surface area contributed by atoms with Gasteiger partial charge < -0.3 is 14.8 Å². The fourth-order valence-corrected chi connectivity index (χ4v) is 4.14. The first-order chi connectivity index (χ1) is 13.8. The van der Waals surface area contributed by atoms with E-state index < -0.39 is 28.4 Å². The van der Waals surface area contributed by atoms with Crippen LogP contribution >= 0.6 is 0 Å². The number of nitrogens with one attached hydrogen (secondary N) is 1. The molecule has 0 atom stereocenters. The maximum absolute atomic E-state index is 13.6. The van der Waals surface area contributed by atoms with E-state index in [9.17, 15) is 17.6 Å². The van der Waals surface area contributed by atoms with Crippen LogP contribution in [0, 0.1) is 5.82 Å². The van der Waals surface area contributed by atoms with Gasteiger partial charge in [0.15, 0.2) is 18.2 Å². The van der Waals surface area contributed by atoms with Crippen LogP contribution < -0.4 is 14.8 Å². The fourth-order valence-electron chi connectivity index (χ4n) is 2.65. The average Bonchev–Trinajstić information content (AvgIpc) is 2.69. The Morgan fingerprint density at radius 3 is 2.34 bits per heavy atom. The number of carbonyl (C=O) groups excluding carboxylic acids is 1. The normalized spacial score (nSPS) is 11.3. The summed E-state index contributed by atoms with van der Waals surface area (Å²) in [5.41, 5.74) is 0.196. The van der Waals surface area contributed by atoms with Crippen molar-refractivity contribution in [2.75, 3.05) is 31.6 Å². The van der Waals surface area contributed by atoms with Gasteiger partial charge in [-0.25, -0.2) is 12.8 Å². The van der Waals surface area contributed by atoms with Crippen LogP contribution in [0.3, 0.4) is 0 Å². The van der Waals surface area contributed by atoms with Crippen LogP contribution in [0.4, 0.5) is 10.1 Å². The number of rotatable bonds is 10. The number of hydrogen-bond acceptors (Lipinski definition) is 5. The van der Waals surface area contributed by atoms with Crippen molar-refractivity contribution in [2.45, 2.75) is 25.7 Å². The van der Waals surface area contributed by atoms with E-state index in [4.69, 9.17) is 9.47 Å². The van der Waals surface area contributed by atoms with Gasteiger partial charge in [-0.05, 0) is 37.3 Å². The third-order valence-corrected chi connectivity index (χ3v) is 6.11. The van der Waals surface area contributed by atoms with Crippen molar-refractivity contribution in [3.8, 4) is 11.5 Å². The quantitative estimate of drug-likeness (QED) is 0.633. The minimum absolute atomic E-state index is 0.0370. The highest BCUT2D eigenvalue weighted by Gasteiger charge is 2.23. The Morgan fingerprint density at radius 1 is 1.03 bits per heavy atom. The molecule has 0 fully saturated rings. The molecular formula is C20H25FN2O5S. The maximum Gasteiger partial charge on any atom is 0.262 e. The second-order valence-corrected chi connectivity index (χ2v) is 7.89. The molecule has 0 spiro atoms. The van der Waals surface area contributed by atoms with Gasteiger partial charge in [0.1, 0.15) is 5.75 Å². The van der Waals surface area contributed by atoms with Gasteiger partial charge in [0, 0.05) is 13.1 Å². The summed E-state index contributed by atoms with van der Waals surface area (Å²) in [4.78, 5) is 12.3. The lowest BCUT2D eigenvalue weighted by atomic mass is 10.3. The molecule has 29 heavy (non-hydrogen) atoms. The minimum atomic E-state index is -3.71. The van der Waals surface area contributed by atoms with Gasteiger partial charge in [0.2, 0.25) is 10.0 Å². The first kappa shape index (κ1) is 22.6. The summed E-state index contributed by atoms with van der Waals surface area (Å²) in [5.74, 6) is -0.884. The zero-order valence-corrected chi connectivity index (χ0v) is 17.5. The number of ether oxygens (including phenoxy) is 2. The molecule has 0 unspecified atom stereocenters. The van der Waals surface area contributed by atoms with E-state index in [1.54, 1.807) is 26.8 Å². The van der Waals surface area contributed by atoms with Gasteiger partial charge in [-0.3, -0.25) is 4.79 Å². The molecule has 2 rings (SSSR count). The standard InChI is InChI=1S/C20H25FN2O5S/c1-4-23(5-2)29(25,26)15-11-12-19(27-6-3)17(13-15)22-20(24)14-28-18-10-8-7-9-16(18)21/h7-13H,4-6,14H2,1-3H3,(H,22,24). The minimum Gasteiger partial charge on any atom is -0.492 e. The molecule has 2 aromatic rings. The summed E-state index contributed by atoms with van der Waals surface area (Å²) in [5, 5.41) is 2.58. The molecule has 0 aliphatic carbocycles. The lowest BCUT2D eigenvalue weighted by Gasteiger charge is -2.20. The number of sulfonamides is 1. The molecule has 0 aliphatic heterocycles. The van der Waals surface area contributed by atoms with E-state index in [0.717, 1.165) is 0 Å². The Bertz CT molecular complexity index is 946. The topological polar surface area (TPSA) is 84.9 Å². The van der Waals surface area contributed by atoms with Crippen LogP contribution in [0.5, 0.6) is 11.5 Å². The second kappa shape index (κ2) is 10.2. The number of nitrogens with zero attached hydrogens (tertiary/aromatic N) is 1. The molecule has 9 heteroatoms. The zero-order chi connectivity index (χ0) is 21.4. The number of halogens is 1. The molecular weight excluding hydrogens is 399 g/mol. The van der Waals surface area contributed by atoms with Gasteiger partial charge in [0.05, 0.1) is 17.2 Å². The van der Waals surface area contributed by atoms with Crippen molar-refractivity contribution in [3.05, 3.63) is 48.3 Å².